The Labute approximate surface area is 119 Å². The predicted octanol–water partition coefficient (Wildman–Crippen LogP) is 3.80. The summed E-state index contributed by atoms with van der Waals surface area (Å²) in [6, 6.07) is 7.72. The Bertz CT molecular complexity index is 394. The maximum atomic E-state index is 12.9. The molecule has 1 aliphatic carbocycles. The van der Waals surface area contributed by atoms with Crippen LogP contribution in [0.25, 0.3) is 0 Å². The average molecular weight is 279 g/mol. The van der Waals surface area contributed by atoms with E-state index in [4.69, 9.17) is 0 Å². The van der Waals surface area contributed by atoms with Crippen molar-refractivity contribution in [1.29, 1.82) is 0 Å². The maximum Gasteiger partial charge on any atom is 0.123 e. The zero-order valence-electron chi connectivity index (χ0n) is 11.3. The van der Waals surface area contributed by atoms with E-state index in [0.29, 0.717) is 12.0 Å². The van der Waals surface area contributed by atoms with E-state index in [1.807, 2.05) is 12.1 Å². The van der Waals surface area contributed by atoms with Crippen LogP contribution in [0, 0.1) is 11.7 Å². The predicted molar refractivity (Wildman–Crippen MR) is 80.2 cm³/mol. The van der Waals surface area contributed by atoms with Crippen molar-refractivity contribution in [3.05, 3.63) is 35.6 Å². The second-order valence-electron chi connectivity index (χ2n) is 5.88. The summed E-state index contributed by atoms with van der Waals surface area (Å²) in [7, 11) is 0. The summed E-state index contributed by atoms with van der Waals surface area (Å²) in [6.07, 6.45) is 5.19. The molecule has 0 unspecified atom stereocenters. The Kier molecular flexibility index (Phi) is 4.44. The van der Waals surface area contributed by atoms with Gasteiger partial charge in [0.15, 0.2) is 0 Å². The van der Waals surface area contributed by atoms with E-state index in [0.717, 1.165) is 5.92 Å². The van der Waals surface area contributed by atoms with Crippen LogP contribution in [0.2, 0.25) is 0 Å². The third kappa shape index (κ3) is 3.51. The van der Waals surface area contributed by atoms with Crippen LogP contribution in [0.1, 0.15) is 37.2 Å². The molecule has 2 aliphatic rings. The third-order valence-electron chi connectivity index (χ3n) is 4.52. The first-order chi connectivity index (χ1) is 9.31. The Morgan fingerprint density at radius 3 is 2.47 bits per heavy atom. The Morgan fingerprint density at radius 1 is 1.11 bits per heavy atom. The maximum absolute atomic E-state index is 12.9. The lowest BCUT2D eigenvalue weighted by atomic mass is 9.75. The van der Waals surface area contributed by atoms with Gasteiger partial charge in [0, 0.05) is 6.04 Å². The summed E-state index contributed by atoms with van der Waals surface area (Å²) < 4.78 is 12.9. The molecule has 0 radical (unpaired) electrons. The van der Waals surface area contributed by atoms with E-state index in [1.54, 1.807) is 12.1 Å². The van der Waals surface area contributed by atoms with Crippen LogP contribution in [-0.4, -0.2) is 24.1 Å². The van der Waals surface area contributed by atoms with Gasteiger partial charge in [-0.25, -0.2) is 4.39 Å². The highest BCUT2D eigenvalue weighted by atomic mass is 32.2. The van der Waals surface area contributed by atoms with E-state index >= 15 is 0 Å². The molecule has 0 amide bonds. The standard InChI is InChI=1S/C16H22FNS/c17-15-3-1-13(2-4-15)14-9-16(10-14)18-11-12-5-7-19-8-6-12/h1-4,12,14,16,18H,5-11H2. The molecule has 1 aromatic rings. The largest absolute Gasteiger partial charge is 0.314 e. The zero-order chi connectivity index (χ0) is 13.1. The summed E-state index contributed by atoms with van der Waals surface area (Å²) in [6.45, 7) is 1.20. The van der Waals surface area contributed by atoms with E-state index in [-0.39, 0.29) is 5.82 Å². The fourth-order valence-electron chi connectivity index (χ4n) is 3.08. The molecule has 3 rings (SSSR count). The quantitative estimate of drug-likeness (QED) is 0.899. The van der Waals surface area contributed by atoms with Crippen LogP contribution in [0.3, 0.4) is 0 Å². The number of rotatable bonds is 4. The molecule has 0 spiro atoms. The van der Waals surface area contributed by atoms with Crippen molar-refractivity contribution in [3.63, 3.8) is 0 Å². The summed E-state index contributed by atoms with van der Waals surface area (Å²) in [5.74, 6) is 4.09. The van der Waals surface area contributed by atoms with Crippen LogP contribution in [0.5, 0.6) is 0 Å². The first kappa shape index (κ1) is 13.4. The van der Waals surface area contributed by atoms with Gasteiger partial charge < -0.3 is 5.32 Å². The molecule has 1 aliphatic heterocycles. The molecule has 0 aromatic heterocycles. The fourth-order valence-corrected chi connectivity index (χ4v) is 4.28. The molecule has 0 atom stereocenters. The Hall–Kier alpha value is -0.540. The molecule has 3 heteroatoms. The minimum absolute atomic E-state index is 0.132. The summed E-state index contributed by atoms with van der Waals surface area (Å²) in [5, 5.41) is 3.72. The fraction of sp³-hybridized carbons (Fsp3) is 0.625. The molecule has 1 heterocycles. The summed E-state index contributed by atoms with van der Waals surface area (Å²) in [4.78, 5) is 0. The van der Waals surface area contributed by atoms with Gasteiger partial charge >= 0.3 is 0 Å². The normalized spacial score (nSPS) is 28.1. The van der Waals surface area contributed by atoms with Crippen molar-refractivity contribution in [3.8, 4) is 0 Å². The van der Waals surface area contributed by atoms with Gasteiger partial charge in [-0.3, -0.25) is 0 Å². The van der Waals surface area contributed by atoms with Crippen LogP contribution < -0.4 is 5.32 Å². The van der Waals surface area contributed by atoms with E-state index in [1.165, 1.54) is 49.3 Å². The van der Waals surface area contributed by atoms with Crippen molar-refractivity contribution in [2.45, 2.75) is 37.6 Å². The number of hydrogen-bond acceptors (Lipinski definition) is 2. The van der Waals surface area contributed by atoms with Gasteiger partial charge in [0.1, 0.15) is 5.82 Å². The average Bonchev–Trinajstić information content (AvgIpc) is 2.40. The number of hydrogen-bond donors (Lipinski definition) is 1. The van der Waals surface area contributed by atoms with Gasteiger partial charge in [-0.05, 0) is 73.3 Å². The van der Waals surface area contributed by atoms with E-state index in [2.05, 4.69) is 17.1 Å². The highest BCUT2D eigenvalue weighted by molar-refractivity contribution is 7.99. The van der Waals surface area contributed by atoms with Crippen LogP contribution >= 0.6 is 11.8 Å². The van der Waals surface area contributed by atoms with Crippen molar-refractivity contribution in [2.75, 3.05) is 18.1 Å². The first-order valence-electron chi connectivity index (χ1n) is 7.38. The van der Waals surface area contributed by atoms with Gasteiger partial charge in [0.05, 0.1) is 0 Å². The lowest BCUT2D eigenvalue weighted by Gasteiger charge is -2.37. The molecule has 0 bridgehead atoms. The highest BCUT2D eigenvalue weighted by Crippen LogP contribution is 2.37. The molecule has 1 saturated carbocycles. The smallest absolute Gasteiger partial charge is 0.123 e. The van der Waals surface area contributed by atoms with Gasteiger partial charge in [0.2, 0.25) is 0 Å². The van der Waals surface area contributed by atoms with Crippen LogP contribution in [-0.2, 0) is 0 Å². The van der Waals surface area contributed by atoms with Gasteiger partial charge in [-0.1, -0.05) is 12.1 Å². The van der Waals surface area contributed by atoms with Gasteiger partial charge in [-0.15, -0.1) is 0 Å². The molecule has 1 saturated heterocycles. The molecule has 19 heavy (non-hydrogen) atoms. The third-order valence-corrected chi connectivity index (χ3v) is 5.56. The molecule has 1 N–H and O–H groups in total. The SMILES string of the molecule is Fc1ccc(C2CC(NCC3CCSCC3)C2)cc1. The topological polar surface area (TPSA) is 12.0 Å². The van der Waals surface area contributed by atoms with Crippen LogP contribution in [0.15, 0.2) is 24.3 Å². The Balaban J connectivity index is 1.39. The lowest BCUT2D eigenvalue weighted by molar-refractivity contribution is 0.272. The number of nitrogens with one attached hydrogen (secondary N) is 1. The molecule has 104 valence electrons. The number of benzene rings is 1. The van der Waals surface area contributed by atoms with Crippen molar-refractivity contribution in [1.82, 2.24) is 5.32 Å². The molecule has 1 nitrogen and oxygen atoms in total. The van der Waals surface area contributed by atoms with Crippen molar-refractivity contribution in [2.24, 2.45) is 5.92 Å². The Morgan fingerprint density at radius 2 is 1.79 bits per heavy atom. The molecule has 1 aromatic carbocycles. The summed E-state index contributed by atoms with van der Waals surface area (Å²) >= 11 is 2.09. The highest BCUT2D eigenvalue weighted by Gasteiger charge is 2.30. The number of thioether (sulfide) groups is 1. The minimum atomic E-state index is -0.132. The summed E-state index contributed by atoms with van der Waals surface area (Å²) in [5.41, 5.74) is 1.30. The first-order valence-corrected chi connectivity index (χ1v) is 8.53. The van der Waals surface area contributed by atoms with Crippen molar-refractivity contribution >= 4 is 11.8 Å². The molecule has 2 fully saturated rings. The van der Waals surface area contributed by atoms with E-state index in [9.17, 15) is 4.39 Å². The molecular weight excluding hydrogens is 257 g/mol. The zero-order valence-corrected chi connectivity index (χ0v) is 12.1. The van der Waals surface area contributed by atoms with Gasteiger partial charge in [0.25, 0.3) is 0 Å². The second kappa shape index (κ2) is 6.27. The van der Waals surface area contributed by atoms with Crippen LogP contribution in [0.4, 0.5) is 4.39 Å². The minimum Gasteiger partial charge on any atom is -0.314 e. The monoisotopic (exact) mass is 279 g/mol. The lowest BCUT2D eigenvalue weighted by Crippen LogP contribution is -2.42. The van der Waals surface area contributed by atoms with Crippen molar-refractivity contribution < 1.29 is 4.39 Å². The second-order valence-corrected chi connectivity index (χ2v) is 7.11. The van der Waals surface area contributed by atoms with E-state index < -0.39 is 0 Å². The molecular formula is C16H22FNS. The van der Waals surface area contributed by atoms with Gasteiger partial charge in [-0.2, -0.15) is 11.8 Å². The number of halogens is 1.